The van der Waals surface area contributed by atoms with E-state index in [2.05, 4.69) is 29.5 Å². The number of hydrogen-bond acceptors (Lipinski definition) is 3. The molecule has 27 heavy (non-hydrogen) atoms. The zero-order chi connectivity index (χ0) is 19.2. The lowest BCUT2D eigenvalue weighted by atomic mass is 10.0. The number of nitrogens with one attached hydrogen (secondary N) is 2. The SMILES string of the molecule is CCc1cccc(CC)c1NC(=O)c1cc(C(=O)NC2CCCC2)ccn1. The highest BCUT2D eigenvalue weighted by Crippen LogP contribution is 2.23. The van der Waals surface area contributed by atoms with Crippen molar-refractivity contribution in [3.63, 3.8) is 0 Å². The predicted molar refractivity (Wildman–Crippen MR) is 107 cm³/mol. The number of nitrogens with zero attached hydrogens (tertiary/aromatic N) is 1. The molecular formula is C22H27N3O2. The molecule has 1 aromatic heterocycles. The molecule has 1 saturated carbocycles. The van der Waals surface area contributed by atoms with Crippen molar-refractivity contribution in [2.24, 2.45) is 0 Å². The average molecular weight is 365 g/mol. The molecule has 142 valence electrons. The van der Waals surface area contributed by atoms with Crippen molar-refractivity contribution >= 4 is 17.5 Å². The highest BCUT2D eigenvalue weighted by Gasteiger charge is 2.19. The zero-order valence-electron chi connectivity index (χ0n) is 16.0. The third kappa shape index (κ3) is 4.54. The van der Waals surface area contributed by atoms with Gasteiger partial charge in [0.15, 0.2) is 0 Å². The van der Waals surface area contributed by atoms with Gasteiger partial charge in [-0.3, -0.25) is 14.6 Å². The van der Waals surface area contributed by atoms with Crippen LogP contribution < -0.4 is 10.6 Å². The lowest BCUT2D eigenvalue weighted by molar-refractivity contribution is 0.0937. The Labute approximate surface area is 160 Å². The van der Waals surface area contributed by atoms with Crippen LogP contribution in [0, 0.1) is 0 Å². The van der Waals surface area contributed by atoms with Crippen LogP contribution in [0.3, 0.4) is 0 Å². The maximum absolute atomic E-state index is 12.8. The van der Waals surface area contributed by atoms with Gasteiger partial charge in [-0.15, -0.1) is 0 Å². The number of pyridine rings is 1. The predicted octanol–water partition coefficient (Wildman–Crippen LogP) is 4.13. The lowest BCUT2D eigenvalue weighted by Gasteiger charge is -2.15. The molecule has 5 nitrogen and oxygen atoms in total. The van der Waals surface area contributed by atoms with Crippen LogP contribution in [0.1, 0.15) is 71.5 Å². The summed E-state index contributed by atoms with van der Waals surface area (Å²) >= 11 is 0. The monoisotopic (exact) mass is 365 g/mol. The summed E-state index contributed by atoms with van der Waals surface area (Å²) in [5.74, 6) is -0.428. The third-order valence-corrected chi connectivity index (χ3v) is 5.18. The second-order valence-electron chi connectivity index (χ2n) is 7.00. The molecule has 2 aromatic rings. The topological polar surface area (TPSA) is 71.1 Å². The van der Waals surface area contributed by atoms with E-state index >= 15 is 0 Å². The molecular weight excluding hydrogens is 338 g/mol. The smallest absolute Gasteiger partial charge is 0.274 e. The van der Waals surface area contributed by atoms with E-state index < -0.39 is 0 Å². The van der Waals surface area contributed by atoms with Gasteiger partial charge in [0.05, 0.1) is 0 Å². The molecule has 1 heterocycles. The Hall–Kier alpha value is -2.69. The number of rotatable bonds is 6. The second-order valence-corrected chi connectivity index (χ2v) is 7.00. The van der Waals surface area contributed by atoms with Gasteiger partial charge in [-0.25, -0.2) is 0 Å². The fourth-order valence-electron chi connectivity index (χ4n) is 3.62. The molecule has 3 rings (SSSR count). The summed E-state index contributed by atoms with van der Waals surface area (Å²) in [6.07, 6.45) is 7.55. The standard InChI is InChI=1S/C22H27N3O2/c1-3-15-8-7-9-16(4-2)20(15)25-22(27)19-14-17(12-13-23-19)21(26)24-18-10-5-6-11-18/h7-9,12-14,18H,3-6,10-11H2,1-2H3,(H,24,26)(H,25,27). The van der Waals surface area contributed by atoms with Crippen molar-refractivity contribution in [3.05, 3.63) is 58.9 Å². The van der Waals surface area contributed by atoms with E-state index in [-0.39, 0.29) is 23.6 Å². The quantitative estimate of drug-likeness (QED) is 0.808. The molecule has 1 aliphatic rings. The molecule has 5 heteroatoms. The largest absolute Gasteiger partial charge is 0.349 e. The van der Waals surface area contributed by atoms with E-state index in [4.69, 9.17) is 0 Å². The van der Waals surface area contributed by atoms with Crippen LogP contribution in [-0.4, -0.2) is 22.8 Å². The van der Waals surface area contributed by atoms with E-state index in [0.29, 0.717) is 5.56 Å². The molecule has 1 aliphatic carbocycles. The van der Waals surface area contributed by atoms with Crippen molar-refractivity contribution in [1.82, 2.24) is 10.3 Å². The molecule has 0 unspecified atom stereocenters. The molecule has 0 spiro atoms. The van der Waals surface area contributed by atoms with Crippen LogP contribution in [-0.2, 0) is 12.8 Å². The number of carbonyl (C=O) groups is 2. The van der Waals surface area contributed by atoms with Crippen LogP contribution in [0.4, 0.5) is 5.69 Å². The first-order chi connectivity index (χ1) is 13.1. The van der Waals surface area contributed by atoms with Crippen molar-refractivity contribution in [2.75, 3.05) is 5.32 Å². The minimum Gasteiger partial charge on any atom is -0.349 e. The first kappa shape index (κ1) is 19.1. The average Bonchev–Trinajstić information content (AvgIpc) is 3.21. The Morgan fingerprint density at radius 2 is 1.70 bits per heavy atom. The van der Waals surface area contributed by atoms with Gasteiger partial charge in [0.1, 0.15) is 5.69 Å². The van der Waals surface area contributed by atoms with Gasteiger partial charge in [-0.2, -0.15) is 0 Å². The summed E-state index contributed by atoms with van der Waals surface area (Å²) in [5.41, 5.74) is 3.77. The van der Waals surface area contributed by atoms with Crippen LogP contribution in [0.5, 0.6) is 0 Å². The maximum Gasteiger partial charge on any atom is 0.274 e. The lowest BCUT2D eigenvalue weighted by Crippen LogP contribution is -2.32. The summed E-state index contributed by atoms with van der Waals surface area (Å²) in [7, 11) is 0. The molecule has 0 bridgehead atoms. The van der Waals surface area contributed by atoms with Crippen LogP contribution >= 0.6 is 0 Å². The third-order valence-electron chi connectivity index (χ3n) is 5.18. The molecule has 0 saturated heterocycles. The number of carbonyl (C=O) groups excluding carboxylic acids is 2. The Morgan fingerprint density at radius 1 is 1.04 bits per heavy atom. The second kappa shape index (κ2) is 8.80. The van der Waals surface area contributed by atoms with Gasteiger partial charge in [0.2, 0.25) is 0 Å². The van der Waals surface area contributed by atoms with Gasteiger partial charge in [0, 0.05) is 23.5 Å². The van der Waals surface area contributed by atoms with Gasteiger partial charge < -0.3 is 10.6 Å². The van der Waals surface area contributed by atoms with E-state index in [1.165, 1.54) is 6.20 Å². The van der Waals surface area contributed by atoms with Crippen LogP contribution in [0.15, 0.2) is 36.5 Å². The Morgan fingerprint density at radius 3 is 2.33 bits per heavy atom. The number of hydrogen-bond donors (Lipinski definition) is 2. The number of benzene rings is 1. The number of anilines is 1. The summed E-state index contributed by atoms with van der Waals surface area (Å²) < 4.78 is 0. The normalized spacial score (nSPS) is 14.1. The van der Waals surface area contributed by atoms with Crippen molar-refractivity contribution in [1.29, 1.82) is 0 Å². The van der Waals surface area contributed by atoms with Gasteiger partial charge in [-0.05, 0) is 48.9 Å². The Balaban J connectivity index is 1.77. The summed E-state index contributed by atoms with van der Waals surface area (Å²) in [5, 5.41) is 6.05. The summed E-state index contributed by atoms with van der Waals surface area (Å²) in [4.78, 5) is 29.4. The van der Waals surface area contributed by atoms with E-state index in [0.717, 1.165) is 55.3 Å². The number of para-hydroxylation sites is 1. The minimum absolute atomic E-state index is 0.137. The van der Waals surface area contributed by atoms with Gasteiger partial charge >= 0.3 is 0 Å². The number of amides is 2. The summed E-state index contributed by atoms with van der Waals surface area (Å²) in [6, 6.07) is 9.52. The molecule has 0 radical (unpaired) electrons. The molecule has 2 amide bonds. The molecule has 1 aromatic carbocycles. The van der Waals surface area contributed by atoms with Crippen LogP contribution in [0.25, 0.3) is 0 Å². The summed E-state index contributed by atoms with van der Waals surface area (Å²) in [6.45, 7) is 4.13. The maximum atomic E-state index is 12.8. The zero-order valence-corrected chi connectivity index (χ0v) is 16.0. The van der Waals surface area contributed by atoms with E-state index in [1.807, 2.05) is 18.2 Å². The highest BCUT2D eigenvalue weighted by molar-refractivity contribution is 6.05. The van der Waals surface area contributed by atoms with Crippen LogP contribution in [0.2, 0.25) is 0 Å². The molecule has 0 aliphatic heterocycles. The number of aryl methyl sites for hydroxylation is 2. The fraction of sp³-hybridized carbons (Fsp3) is 0.409. The van der Waals surface area contributed by atoms with Crippen molar-refractivity contribution < 1.29 is 9.59 Å². The Kier molecular flexibility index (Phi) is 6.22. The fourth-order valence-corrected chi connectivity index (χ4v) is 3.62. The number of aromatic nitrogens is 1. The highest BCUT2D eigenvalue weighted by atomic mass is 16.2. The van der Waals surface area contributed by atoms with Gasteiger partial charge in [-0.1, -0.05) is 44.9 Å². The Bertz CT molecular complexity index is 804. The first-order valence-electron chi connectivity index (χ1n) is 9.81. The molecule has 1 fully saturated rings. The first-order valence-corrected chi connectivity index (χ1v) is 9.81. The minimum atomic E-state index is -0.291. The molecule has 0 atom stereocenters. The van der Waals surface area contributed by atoms with Crippen molar-refractivity contribution in [3.8, 4) is 0 Å². The van der Waals surface area contributed by atoms with Gasteiger partial charge in [0.25, 0.3) is 11.8 Å². The molecule has 2 N–H and O–H groups in total. The van der Waals surface area contributed by atoms with E-state index in [9.17, 15) is 9.59 Å². The van der Waals surface area contributed by atoms with Crippen molar-refractivity contribution in [2.45, 2.75) is 58.4 Å². The van der Waals surface area contributed by atoms with E-state index in [1.54, 1.807) is 12.1 Å².